The molecule has 0 aliphatic carbocycles. The molecule has 0 aliphatic heterocycles. The molecule has 0 saturated carbocycles. The van der Waals surface area contributed by atoms with E-state index in [4.69, 9.17) is 15.2 Å². The summed E-state index contributed by atoms with van der Waals surface area (Å²) >= 11 is 1.15. The second kappa shape index (κ2) is 9.70. The second-order valence-corrected chi connectivity index (χ2v) is 7.10. The summed E-state index contributed by atoms with van der Waals surface area (Å²) in [5.41, 5.74) is 10.7. The van der Waals surface area contributed by atoms with Gasteiger partial charge in [0.05, 0.1) is 19.0 Å². The fraction of sp³-hybridized carbons (Fsp3) is 0.190. The maximum atomic E-state index is 12.3. The molecule has 7 nitrogen and oxygen atoms in total. The van der Waals surface area contributed by atoms with Gasteiger partial charge in [-0.2, -0.15) is 5.10 Å². The van der Waals surface area contributed by atoms with Crippen molar-refractivity contribution in [3.63, 3.8) is 0 Å². The van der Waals surface area contributed by atoms with Crippen molar-refractivity contribution in [1.82, 2.24) is 10.4 Å². The van der Waals surface area contributed by atoms with E-state index < -0.39 is 0 Å². The van der Waals surface area contributed by atoms with Crippen LogP contribution in [-0.4, -0.2) is 24.2 Å². The zero-order valence-electron chi connectivity index (χ0n) is 16.2. The van der Waals surface area contributed by atoms with Gasteiger partial charge in [-0.25, -0.2) is 10.4 Å². The van der Waals surface area contributed by atoms with Crippen LogP contribution in [0.4, 0.5) is 5.13 Å². The molecule has 0 saturated heterocycles. The predicted molar refractivity (Wildman–Crippen MR) is 115 cm³/mol. The van der Waals surface area contributed by atoms with Crippen LogP contribution in [0.15, 0.2) is 53.6 Å². The van der Waals surface area contributed by atoms with Crippen molar-refractivity contribution >= 4 is 28.6 Å². The van der Waals surface area contributed by atoms with E-state index in [2.05, 4.69) is 15.5 Å². The van der Waals surface area contributed by atoms with Crippen molar-refractivity contribution < 1.29 is 14.3 Å². The monoisotopic (exact) mass is 410 g/mol. The number of ether oxygens (including phenoxy) is 2. The number of thiazole rings is 1. The van der Waals surface area contributed by atoms with Crippen molar-refractivity contribution in [2.45, 2.75) is 20.0 Å². The van der Waals surface area contributed by atoms with Crippen LogP contribution in [-0.2, 0) is 13.0 Å². The van der Waals surface area contributed by atoms with E-state index in [9.17, 15) is 4.79 Å². The number of aromatic nitrogens is 1. The summed E-state index contributed by atoms with van der Waals surface area (Å²) in [5.74, 6) is 0.882. The fourth-order valence-electron chi connectivity index (χ4n) is 2.62. The number of aryl methyl sites for hydroxylation is 1. The third-order valence-corrected chi connectivity index (χ3v) is 4.99. The molecule has 0 spiro atoms. The minimum Gasteiger partial charge on any atom is -0.493 e. The highest BCUT2D eigenvalue weighted by Crippen LogP contribution is 2.28. The first-order valence-corrected chi connectivity index (χ1v) is 9.85. The van der Waals surface area contributed by atoms with Gasteiger partial charge in [0.2, 0.25) is 0 Å². The van der Waals surface area contributed by atoms with Gasteiger partial charge in [-0.1, -0.05) is 48.6 Å². The van der Waals surface area contributed by atoms with Gasteiger partial charge in [0, 0.05) is 0 Å². The number of hydrazone groups is 1. The van der Waals surface area contributed by atoms with Crippen molar-refractivity contribution in [3.8, 4) is 11.5 Å². The molecule has 1 amide bonds. The maximum absolute atomic E-state index is 12.3. The van der Waals surface area contributed by atoms with Crippen LogP contribution in [0.5, 0.6) is 11.5 Å². The summed E-state index contributed by atoms with van der Waals surface area (Å²) in [6.07, 6.45) is 2.17. The molecule has 0 unspecified atom stereocenters. The molecule has 150 valence electrons. The van der Waals surface area contributed by atoms with E-state index in [-0.39, 0.29) is 5.91 Å². The Morgan fingerprint density at radius 2 is 2.03 bits per heavy atom. The van der Waals surface area contributed by atoms with Gasteiger partial charge >= 0.3 is 0 Å². The molecular weight excluding hydrogens is 388 g/mol. The third-order valence-electron chi connectivity index (χ3n) is 4.06. The Labute approximate surface area is 173 Å². The molecule has 0 fully saturated rings. The molecule has 0 radical (unpaired) electrons. The molecule has 2 aromatic carbocycles. The van der Waals surface area contributed by atoms with Crippen molar-refractivity contribution in [2.75, 3.05) is 12.8 Å². The van der Waals surface area contributed by atoms with Crippen molar-refractivity contribution in [3.05, 3.63) is 70.2 Å². The molecule has 3 rings (SSSR count). The van der Waals surface area contributed by atoms with Gasteiger partial charge < -0.3 is 15.2 Å². The van der Waals surface area contributed by atoms with Gasteiger partial charge in [0.15, 0.2) is 16.6 Å². The van der Waals surface area contributed by atoms with E-state index in [1.807, 2.05) is 49.4 Å². The number of hydrogen-bond acceptors (Lipinski definition) is 7. The molecule has 0 atom stereocenters. The largest absolute Gasteiger partial charge is 0.493 e. The van der Waals surface area contributed by atoms with Crippen molar-refractivity contribution in [1.29, 1.82) is 0 Å². The summed E-state index contributed by atoms with van der Waals surface area (Å²) in [6, 6.07) is 15.3. The quantitative estimate of drug-likeness (QED) is 0.436. The van der Waals surface area contributed by atoms with Crippen LogP contribution in [0, 0.1) is 0 Å². The molecule has 0 aliphatic rings. The maximum Gasteiger partial charge on any atom is 0.283 e. The van der Waals surface area contributed by atoms with E-state index in [0.717, 1.165) is 22.5 Å². The number of nitrogens with zero attached hydrogens (tertiary/aromatic N) is 2. The first-order valence-electron chi connectivity index (χ1n) is 9.04. The highest BCUT2D eigenvalue weighted by Gasteiger charge is 2.15. The Morgan fingerprint density at radius 1 is 1.24 bits per heavy atom. The van der Waals surface area contributed by atoms with E-state index in [1.165, 1.54) is 6.21 Å². The normalized spacial score (nSPS) is 10.8. The Kier molecular flexibility index (Phi) is 6.80. The minimum absolute atomic E-state index is 0.331. The Balaban J connectivity index is 1.64. The average Bonchev–Trinajstić information content (AvgIpc) is 3.14. The zero-order valence-corrected chi connectivity index (χ0v) is 17.0. The molecule has 8 heteroatoms. The van der Waals surface area contributed by atoms with Gasteiger partial charge in [-0.3, -0.25) is 4.79 Å². The summed E-state index contributed by atoms with van der Waals surface area (Å²) in [4.78, 5) is 16.9. The highest BCUT2D eigenvalue weighted by molar-refractivity contribution is 7.17. The number of nitrogens with one attached hydrogen (secondary N) is 1. The molecule has 0 bridgehead atoms. The van der Waals surface area contributed by atoms with E-state index in [1.54, 1.807) is 13.2 Å². The van der Waals surface area contributed by atoms with Gasteiger partial charge in [0.1, 0.15) is 11.5 Å². The molecular formula is C21H22N4O3S. The number of nitrogens with two attached hydrogens (primary N) is 1. The number of methoxy groups -OCH3 is 1. The van der Waals surface area contributed by atoms with Gasteiger partial charge in [-0.15, -0.1) is 0 Å². The van der Waals surface area contributed by atoms with Gasteiger partial charge in [0.25, 0.3) is 5.91 Å². The number of carbonyl (C=O) groups excluding carboxylic acids is 1. The number of hydrogen-bond donors (Lipinski definition) is 2. The molecule has 29 heavy (non-hydrogen) atoms. The number of anilines is 1. The summed E-state index contributed by atoms with van der Waals surface area (Å²) < 4.78 is 11.3. The molecule has 3 N–H and O–H groups in total. The number of rotatable bonds is 8. The van der Waals surface area contributed by atoms with Crippen LogP contribution in [0.25, 0.3) is 0 Å². The lowest BCUT2D eigenvalue weighted by atomic mass is 10.2. The fourth-order valence-corrected chi connectivity index (χ4v) is 3.43. The van der Waals surface area contributed by atoms with Gasteiger partial charge in [-0.05, 0) is 35.7 Å². The topological polar surface area (TPSA) is 98.8 Å². The van der Waals surface area contributed by atoms with Crippen molar-refractivity contribution in [2.24, 2.45) is 5.10 Å². The van der Waals surface area contributed by atoms with Crippen LogP contribution < -0.4 is 20.6 Å². The predicted octanol–water partition coefficient (Wildman–Crippen LogP) is 3.64. The Hall–Kier alpha value is -3.39. The van der Waals surface area contributed by atoms with Crippen LogP contribution in [0.3, 0.4) is 0 Å². The molecule has 3 aromatic rings. The van der Waals surface area contributed by atoms with Crippen LogP contribution in [0.1, 0.15) is 33.4 Å². The standard InChI is InChI=1S/C21H22N4O3S/c1-3-16-19(29-21(22)24-16)20(26)25-23-12-15-9-10-17(18(11-15)27-2)28-13-14-7-5-4-6-8-14/h4-12H,3,13H2,1-2H3,(H2,22,24)(H,25,26). The minimum atomic E-state index is -0.331. The first-order chi connectivity index (χ1) is 14.1. The Bertz CT molecular complexity index is 1000. The average molecular weight is 410 g/mol. The summed E-state index contributed by atoms with van der Waals surface area (Å²) in [7, 11) is 1.58. The van der Waals surface area contributed by atoms with Crippen LogP contribution >= 0.6 is 11.3 Å². The number of amides is 1. The Morgan fingerprint density at radius 3 is 2.76 bits per heavy atom. The SMILES string of the molecule is CCc1nc(N)sc1C(=O)NN=Cc1ccc(OCc2ccccc2)c(OC)c1. The lowest BCUT2D eigenvalue weighted by Gasteiger charge is -2.11. The molecule has 1 aromatic heterocycles. The highest BCUT2D eigenvalue weighted by atomic mass is 32.1. The lowest BCUT2D eigenvalue weighted by molar-refractivity contribution is 0.0958. The smallest absolute Gasteiger partial charge is 0.283 e. The van der Waals surface area contributed by atoms with Crippen LogP contribution in [0.2, 0.25) is 0 Å². The number of benzene rings is 2. The summed E-state index contributed by atoms with van der Waals surface area (Å²) in [5, 5.41) is 4.39. The second-order valence-electron chi connectivity index (χ2n) is 6.07. The third kappa shape index (κ3) is 5.32. The van der Waals surface area contributed by atoms with E-state index >= 15 is 0 Å². The lowest BCUT2D eigenvalue weighted by Crippen LogP contribution is -2.17. The number of nitrogen functional groups attached to an aromatic ring is 1. The summed E-state index contributed by atoms with van der Waals surface area (Å²) in [6.45, 7) is 2.36. The number of carbonyl (C=O) groups is 1. The molecule has 1 heterocycles. The van der Waals surface area contributed by atoms with E-state index in [0.29, 0.717) is 40.2 Å². The zero-order chi connectivity index (χ0) is 20.6. The first kappa shape index (κ1) is 20.3.